The van der Waals surface area contributed by atoms with Gasteiger partial charge in [0.1, 0.15) is 0 Å². The minimum Gasteiger partial charge on any atom is -0.284 e. The van der Waals surface area contributed by atoms with Gasteiger partial charge in [-0.2, -0.15) is 13.2 Å². The van der Waals surface area contributed by atoms with Gasteiger partial charge in [-0.1, -0.05) is 48.0 Å². The van der Waals surface area contributed by atoms with Crippen molar-refractivity contribution >= 4 is 17.4 Å². The normalized spacial score (nSPS) is 11.4. The number of ketones is 1. The number of benzene rings is 2. The Kier molecular flexibility index (Phi) is 3.62. The summed E-state index contributed by atoms with van der Waals surface area (Å²) in [4.78, 5) is 11.0. The van der Waals surface area contributed by atoms with Crippen LogP contribution in [-0.4, -0.2) is 12.0 Å². The summed E-state index contributed by atoms with van der Waals surface area (Å²) in [5.74, 6) is -1.84. The maximum absolute atomic E-state index is 12.2. The van der Waals surface area contributed by atoms with Crippen molar-refractivity contribution in [1.82, 2.24) is 0 Å². The zero-order valence-electron chi connectivity index (χ0n) is 9.54. The van der Waals surface area contributed by atoms with Crippen molar-refractivity contribution in [3.63, 3.8) is 0 Å². The quantitative estimate of drug-likeness (QED) is 0.727. The maximum Gasteiger partial charge on any atom is 0.454 e. The van der Waals surface area contributed by atoms with E-state index in [2.05, 4.69) is 0 Å². The molecule has 5 heteroatoms. The number of hydrogen-bond donors (Lipinski definition) is 0. The number of carbonyl (C=O) groups is 1. The van der Waals surface area contributed by atoms with E-state index in [1.165, 1.54) is 24.3 Å². The molecule has 0 aliphatic carbocycles. The number of hydrogen-bond acceptors (Lipinski definition) is 1. The fourth-order valence-corrected chi connectivity index (χ4v) is 1.75. The highest BCUT2D eigenvalue weighted by Crippen LogP contribution is 2.25. The molecule has 0 fully saturated rings. The number of carbonyl (C=O) groups excluding carboxylic acids is 1. The van der Waals surface area contributed by atoms with E-state index in [1.807, 2.05) is 0 Å². The van der Waals surface area contributed by atoms with E-state index in [-0.39, 0.29) is 5.56 Å². The molecule has 0 aliphatic rings. The molecule has 0 aromatic heterocycles. The largest absolute Gasteiger partial charge is 0.454 e. The number of rotatable bonds is 2. The zero-order valence-corrected chi connectivity index (χ0v) is 10.3. The van der Waals surface area contributed by atoms with Crippen LogP contribution in [0, 0.1) is 0 Å². The minimum absolute atomic E-state index is 0.370. The van der Waals surface area contributed by atoms with E-state index < -0.39 is 12.0 Å². The summed E-state index contributed by atoms with van der Waals surface area (Å²) in [6.45, 7) is 0. The van der Waals surface area contributed by atoms with Gasteiger partial charge in [0.2, 0.25) is 0 Å². The zero-order chi connectivity index (χ0) is 14.0. The molecular weight excluding hydrogens is 277 g/mol. The molecule has 0 N–H and O–H groups in total. The molecule has 0 radical (unpaired) electrons. The van der Waals surface area contributed by atoms with Crippen molar-refractivity contribution in [2.24, 2.45) is 0 Å². The Bertz CT molecular complexity index is 586. The lowest BCUT2D eigenvalue weighted by Gasteiger charge is -2.06. The molecule has 0 bridgehead atoms. The highest BCUT2D eigenvalue weighted by Gasteiger charge is 2.39. The van der Waals surface area contributed by atoms with Gasteiger partial charge in [0.05, 0.1) is 0 Å². The van der Waals surface area contributed by atoms with E-state index in [4.69, 9.17) is 11.6 Å². The van der Waals surface area contributed by atoms with Gasteiger partial charge in [-0.3, -0.25) is 4.79 Å². The summed E-state index contributed by atoms with van der Waals surface area (Å²) in [5, 5.41) is 0.576. The second-order valence-corrected chi connectivity index (χ2v) is 4.35. The van der Waals surface area contributed by atoms with Crippen molar-refractivity contribution in [3.05, 3.63) is 59.1 Å². The topological polar surface area (TPSA) is 17.1 Å². The van der Waals surface area contributed by atoms with Crippen LogP contribution < -0.4 is 0 Å². The minimum atomic E-state index is -4.85. The molecule has 0 amide bonds. The van der Waals surface area contributed by atoms with Crippen molar-refractivity contribution in [3.8, 4) is 11.1 Å². The molecule has 1 nitrogen and oxygen atoms in total. The number of halogens is 4. The molecule has 0 unspecified atom stereocenters. The Balaban J connectivity index is 2.28. The van der Waals surface area contributed by atoms with Crippen molar-refractivity contribution in [2.45, 2.75) is 6.18 Å². The molecule has 0 atom stereocenters. The Labute approximate surface area is 112 Å². The van der Waals surface area contributed by atoms with E-state index in [9.17, 15) is 18.0 Å². The lowest BCUT2D eigenvalue weighted by molar-refractivity contribution is -0.0885. The highest BCUT2D eigenvalue weighted by molar-refractivity contribution is 6.30. The average molecular weight is 285 g/mol. The third-order valence-corrected chi connectivity index (χ3v) is 2.83. The second-order valence-electron chi connectivity index (χ2n) is 3.91. The van der Waals surface area contributed by atoms with Crippen LogP contribution in [0.1, 0.15) is 10.4 Å². The van der Waals surface area contributed by atoms with Gasteiger partial charge in [-0.15, -0.1) is 0 Å². The van der Waals surface area contributed by atoms with Gasteiger partial charge < -0.3 is 0 Å². The van der Waals surface area contributed by atoms with Crippen molar-refractivity contribution in [1.29, 1.82) is 0 Å². The number of Topliss-reactive ketones (excluding diaryl/α,β-unsaturated/α-hetero) is 1. The predicted molar refractivity (Wildman–Crippen MR) is 67.3 cm³/mol. The molecular formula is C14H8ClF3O. The fourth-order valence-electron chi connectivity index (χ4n) is 1.62. The Morgan fingerprint density at radius 1 is 0.842 bits per heavy atom. The Morgan fingerprint density at radius 3 is 1.68 bits per heavy atom. The summed E-state index contributed by atoms with van der Waals surface area (Å²) >= 11 is 5.75. The van der Waals surface area contributed by atoms with Gasteiger partial charge in [-0.25, -0.2) is 0 Å². The van der Waals surface area contributed by atoms with Crippen LogP contribution in [0.3, 0.4) is 0 Å². The Hall–Kier alpha value is -1.81. The Morgan fingerprint density at radius 2 is 1.26 bits per heavy atom. The molecule has 98 valence electrons. The first kappa shape index (κ1) is 13.6. The summed E-state index contributed by atoms with van der Waals surface area (Å²) in [5.41, 5.74) is 1.16. The van der Waals surface area contributed by atoms with E-state index >= 15 is 0 Å². The van der Waals surface area contributed by atoms with E-state index in [0.717, 1.165) is 11.1 Å². The van der Waals surface area contributed by atoms with Gasteiger partial charge in [-0.05, 0) is 23.3 Å². The average Bonchev–Trinajstić information content (AvgIpc) is 2.38. The van der Waals surface area contributed by atoms with Crippen LogP contribution in [0.25, 0.3) is 11.1 Å². The molecule has 19 heavy (non-hydrogen) atoms. The smallest absolute Gasteiger partial charge is 0.284 e. The highest BCUT2D eigenvalue weighted by atomic mass is 35.5. The molecule has 0 heterocycles. The molecule has 0 spiro atoms. The molecule has 2 rings (SSSR count). The predicted octanol–water partition coefficient (Wildman–Crippen LogP) is 4.75. The van der Waals surface area contributed by atoms with Gasteiger partial charge in [0, 0.05) is 10.6 Å². The SMILES string of the molecule is O=C(c1ccc(-c2ccc(Cl)cc2)cc1)C(F)(F)F. The summed E-state index contributed by atoms with van der Waals surface area (Å²) in [7, 11) is 0. The van der Waals surface area contributed by atoms with Crippen LogP contribution in [0.4, 0.5) is 13.2 Å². The molecule has 2 aromatic rings. The van der Waals surface area contributed by atoms with Gasteiger partial charge in [0.15, 0.2) is 0 Å². The molecule has 2 aromatic carbocycles. The molecule has 0 saturated heterocycles. The van der Waals surface area contributed by atoms with E-state index in [0.29, 0.717) is 5.02 Å². The lowest BCUT2D eigenvalue weighted by atomic mass is 10.0. The molecule has 0 saturated carbocycles. The monoisotopic (exact) mass is 284 g/mol. The van der Waals surface area contributed by atoms with Crippen LogP contribution in [0.5, 0.6) is 0 Å². The first-order valence-corrected chi connectivity index (χ1v) is 5.73. The lowest BCUT2D eigenvalue weighted by Crippen LogP contribution is -2.22. The first-order chi connectivity index (χ1) is 8.88. The second kappa shape index (κ2) is 5.05. The number of alkyl halides is 3. The van der Waals surface area contributed by atoms with E-state index in [1.54, 1.807) is 24.3 Å². The van der Waals surface area contributed by atoms with Crippen LogP contribution in [0.2, 0.25) is 5.02 Å². The standard InChI is InChI=1S/C14H8ClF3O/c15-12-7-5-10(6-8-12)9-1-3-11(4-2-9)13(19)14(16,17)18/h1-8H. The molecule has 0 aliphatic heterocycles. The van der Waals surface area contributed by atoms with Crippen LogP contribution in [0.15, 0.2) is 48.5 Å². The third kappa shape index (κ3) is 3.15. The van der Waals surface area contributed by atoms with Crippen LogP contribution >= 0.6 is 11.6 Å². The maximum atomic E-state index is 12.2. The van der Waals surface area contributed by atoms with Crippen molar-refractivity contribution in [2.75, 3.05) is 0 Å². The fraction of sp³-hybridized carbons (Fsp3) is 0.0714. The van der Waals surface area contributed by atoms with Crippen LogP contribution in [-0.2, 0) is 0 Å². The van der Waals surface area contributed by atoms with Crippen molar-refractivity contribution < 1.29 is 18.0 Å². The summed E-state index contributed by atoms with van der Waals surface area (Å²) in [6, 6.07) is 12.2. The first-order valence-electron chi connectivity index (χ1n) is 5.35. The van der Waals surface area contributed by atoms with Gasteiger partial charge >= 0.3 is 6.18 Å². The van der Waals surface area contributed by atoms with Gasteiger partial charge in [0.25, 0.3) is 5.78 Å². The summed E-state index contributed by atoms with van der Waals surface area (Å²) < 4.78 is 36.7. The third-order valence-electron chi connectivity index (χ3n) is 2.58. The summed E-state index contributed by atoms with van der Waals surface area (Å²) in [6.07, 6.45) is -4.85.